The van der Waals surface area contributed by atoms with Crippen LogP contribution in [-0.2, 0) is 0 Å². The number of nitrogens with zero attached hydrogens (tertiary/aromatic N) is 4. The van der Waals surface area contributed by atoms with E-state index >= 15 is 0 Å². The van der Waals surface area contributed by atoms with Gasteiger partial charge < -0.3 is 0 Å². The van der Waals surface area contributed by atoms with Crippen molar-refractivity contribution in [2.75, 3.05) is 0 Å². The van der Waals surface area contributed by atoms with E-state index in [0.717, 1.165) is 16.9 Å². The molecule has 4 aromatic rings. The van der Waals surface area contributed by atoms with Crippen LogP contribution in [0.15, 0.2) is 53.3 Å². The van der Waals surface area contributed by atoms with Crippen molar-refractivity contribution in [3.8, 4) is 0 Å². The molecule has 0 radical (unpaired) electrons. The molecule has 138 valence electrons. The molecular weight excluding hydrogens is 400 g/mol. The molecule has 0 N–H and O–H groups in total. The lowest BCUT2D eigenvalue weighted by Gasteiger charge is -1.94. The highest BCUT2D eigenvalue weighted by atomic mass is 35.5. The minimum absolute atomic E-state index is 0.0625. The summed E-state index contributed by atoms with van der Waals surface area (Å²) in [5.74, 6) is 0.399. The van der Waals surface area contributed by atoms with Crippen molar-refractivity contribution in [3.05, 3.63) is 95.5 Å². The summed E-state index contributed by atoms with van der Waals surface area (Å²) in [4.78, 5) is 28.0. The van der Waals surface area contributed by atoms with Crippen LogP contribution in [0.4, 0.5) is 5.69 Å². The van der Waals surface area contributed by atoms with E-state index < -0.39 is 4.92 Å². The molecule has 0 aliphatic carbocycles. The zero-order valence-electron chi connectivity index (χ0n) is 14.2. The van der Waals surface area contributed by atoms with Crippen molar-refractivity contribution in [1.82, 2.24) is 14.6 Å². The van der Waals surface area contributed by atoms with Crippen LogP contribution in [-0.4, -0.2) is 19.5 Å². The standard InChI is InChI=1S/C19H11ClN4O3S/c20-14-8-5-12(6-9-14)7-10-17-21-19-23(22-17)18(25)16(28-19)11-13-3-1-2-4-15(13)24(26)27/h1-11H. The summed E-state index contributed by atoms with van der Waals surface area (Å²) in [6.45, 7) is 0. The summed E-state index contributed by atoms with van der Waals surface area (Å²) in [5.41, 5.74) is 0.858. The number of hydrogen-bond acceptors (Lipinski definition) is 6. The van der Waals surface area contributed by atoms with Gasteiger partial charge in [0, 0.05) is 11.1 Å². The Bertz CT molecular complexity index is 1330. The van der Waals surface area contributed by atoms with Gasteiger partial charge in [-0.3, -0.25) is 14.9 Å². The van der Waals surface area contributed by atoms with Crippen LogP contribution >= 0.6 is 22.9 Å². The average molecular weight is 411 g/mol. The number of halogens is 1. The molecule has 0 atom stereocenters. The molecule has 2 heterocycles. The molecule has 2 aromatic carbocycles. The van der Waals surface area contributed by atoms with Gasteiger partial charge in [-0.25, -0.2) is 0 Å². The Hall–Kier alpha value is -3.36. The van der Waals surface area contributed by atoms with Crippen molar-refractivity contribution in [2.45, 2.75) is 0 Å². The first kappa shape index (κ1) is 18.0. The summed E-state index contributed by atoms with van der Waals surface area (Å²) < 4.78 is 1.53. The molecule has 0 aliphatic heterocycles. The lowest BCUT2D eigenvalue weighted by atomic mass is 10.2. The highest BCUT2D eigenvalue weighted by Crippen LogP contribution is 2.18. The van der Waals surface area contributed by atoms with E-state index in [2.05, 4.69) is 10.1 Å². The number of nitro benzene ring substituents is 1. The lowest BCUT2D eigenvalue weighted by molar-refractivity contribution is -0.385. The molecule has 2 aromatic heterocycles. The molecular formula is C19H11ClN4O3S. The maximum Gasteiger partial charge on any atom is 0.291 e. The van der Waals surface area contributed by atoms with Crippen molar-refractivity contribution >= 4 is 51.8 Å². The predicted octanol–water partition coefficient (Wildman–Crippen LogP) is 3.43. The van der Waals surface area contributed by atoms with Crippen molar-refractivity contribution < 1.29 is 4.92 Å². The number of benzene rings is 2. The molecule has 0 spiro atoms. The summed E-state index contributed by atoms with van der Waals surface area (Å²) in [6, 6.07) is 13.5. The third-order valence-corrected chi connectivity index (χ3v) is 5.12. The van der Waals surface area contributed by atoms with Gasteiger partial charge in [0.25, 0.3) is 11.2 Å². The Labute approximate surface area is 167 Å². The number of aromatic nitrogens is 3. The van der Waals surface area contributed by atoms with E-state index in [1.807, 2.05) is 18.2 Å². The fourth-order valence-electron chi connectivity index (χ4n) is 2.58. The summed E-state index contributed by atoms with van der Waals surface area (Å²) >= 11 is 6.99. The molecule has 0 saturated carbocycles. The summed E-state index contributed by atoms with van der Waals surface area (Å²) in [5, 5.41) is 16.0. The quantitative estimate of drug-likeness (QED) is 0.379. The van der Waals surface area contributed by atoms with Gasteiger partial charge in [0.05, 0.1) is 15.0 Å². The smallest absolute Gasteiger partial charge is 0.266 e. The largest absolute Gasteiger partial charge is 0.291 e. The number of fused-ring (bicyclic) bond motifs is 1. The maximum atomic E-state index is 12.6. The molecule has 0 fully saturated rings. The normalized spacial score (nSPS) is 12.2. The Morgan fingerprint density at radius 1 is 1.11 bits per heavy atom. The van der Waals surface area contributed by atoms with E-state index in [0.29, 0.717) is 25.9 Å². The third-order valence-electron chi connectivity index (χ3n) is 3.91. The van der Waals surface area contributed by atoms with Crippen molar-refractivity contribution in [3.63, 3.8) is 0 Å². The molecule has 28 heavy (non-hydrogen) atoms. The van der Waals surface area contributed by atoms with Crippen LogP contribution in [0.1, 0.15) is 17.0 Å². The molecule has 0 bridgehead atoms. The van der Waals surface area contributed by atoms with E-state index in [-0.39, 0.29) is 11.2 Å². The number of nitro groups is 1. The van der Waals surface area contributed by atoms with Crippen LogP contribution in [0, 0.1) is 10.1 Å². The second-order valence-corrected chi connectivity index (χ2v) is 7.23. The van der Waals surface area contributed by atoms with Gasteiger partial charge in [-0.2, -0.15) is 9.50 Å². The highest BCUT2D eigenvalue weighted by Gasteiger charge is 2.13. The van der Waals surface area contributed by atoms with Gasteiger partial charge in [0.15, 0.2) is 5.82 Å². The van der Waals surface area contributed by atoms with Crippen LogP contribution < -0.4 is 10.1 Å². The Balaban J connectivity index is 1.70. The topological polar surface area (TPSA) is 90.4 Å². The fourth-order valence-corrected chi connectivity index (χ4v) is 3.61. The minimum Gasteiger partial charge on any atom is -0.266 e. The van der Waals surface area contributed by atoms with Gasteiger partial charge in [-0.1, -0.05) is 53.3 Å². The second kappa shape index (κ2) is 7.34. The van der Waals surface area contributed by atoms with Gasteiger partial charge in [-0.05, 0) is 35.9 Å². The maximum absolute atomic E-state index is 12.6. The first-order valence-electron chi connectivity index (χ1n) is 8.09. The first-order valence-corrected chi connectivity index (χ1v) is 9.29. The molecule has 9 heteroatoms. The molecule has 0 unspecified atom stereocenters. The Kier molecular flexibility index (Phi) is 4.72. The van der Waals surface area contributed by atoms with Crippen LogP contribution in [0.3, 0.4) is 0 Å². The summed E-state index contributed by atoms with van der Waals surface area (Å²) in [6.07, 6.45) is 5.01. The van der Waals surface area contributed by atoms with Gasteiger partial charge in [0.2, 0.25) is 4.96 Å². The molecule has 0 amide bonds. The van der Waals surface area contributed by atoms with E-state index in [1.54, 1.807) is 36.4 Å². The molecule has 0 aliphatic rings. The zero-order valence-corrected chi connectivity index (χ0v) is 15.7. The number of para-hydroxylation sites is 1. The van der Waals surface area contributed by atoms with E-state index in [4.69, 9.17) is 11.6 Å². The van der Waals surface area contributed by atoms with E-state index in [9.17, 15) is 14.9 Å². The van der Waals surface area contributed by atoms with Crippen LogP contribution in [0.2, 0.25) is 5.02 Å². The monoisotopic (exact) mass is 410 g/mol. The van der Waals surface area contributed by atoms with Crippen LogP contribution in [0.5, 0.6) is 0 Å². The second-order valence-electron chi connectivity index (χ2n) is 5.78. The highest BCUT2D eigenvalue weighted by molar-refractivity contribution is 7.15. The van der Waals surface area contributed by atoms with Gasteiger partial charge >= 0.3 is 0 Å². The fraction of sp³-hybridized carbons (Fsp3) is 0. The van der Waals surface area contributed by atoms with Crippen molar-refractivity contribution in [2.24, 2.45) is 0 Å². The van der Waals surface area contributed by atoms with Gasteiger partial charge in [0.1, 0.15) is 0 Å². The molecule has 0 saturated heterocycles. The Morgan fingerprint density at radius 3 is 2.57 bits per heavy atom. The van der Waals surface area contributed by atoms with Crippen LogP contribution in [0.25, 0.3) is 23.2 Å². The number of rotatable bonds is 4. The van der Waals surface area contributed by atoms with Gasteiger partial charge in [-0.15, -0.1) is 5.10 Å². The number of hydrogen-bond donors (Lipinski definition) is 0. The average Bonchev–Trinajstić information content (AvgIpc) is 3.21. The Morgan fingerprint density at radius 2 is 1.86 bits per heavy atom. The summed E-state index contributed by atoms with van der Waals surface area (Å²) in [7, 11) is 0. The molecule has 4 rings (SSSR count). The first-order chi connectivity index (χ1) is 13.5. The zero-order chi connectivity index (χ0) is 19.7. The van der Waals surface area contributed by atoms with E-state index in [1.165, 1.54) is 16.7 Å². The third kappa shape index (κ3) is 3.55. The number of thiazole rings is 1. The lowest BCUT2D eigenvalue weighted by Crippen LogP contribution is -2.23. The van der Waals surface area contributed by atoms with Crippen molar-refractivity contribution in [1.29, 1.82) is 0 Å². The minimum atomic E-state index is -0.479. The SMILES string of the molecule is O=c1c(=Cc2ccccc2[N+](=O)[O-])sc2nc(C=Cc3ccc(Cl)cc3)nn12. The predicted molar refractivity (Wildman–Crippen MR) is 109 cm³/mol. The molecule has 7 nitrogen and oxygen atoms in total.